The van der Waals surface area contributed by atoms with Crippen molar-refractivity contribution >= 4 is 39.4 Å². The van der Waals surface area contributed by atoms with E-state index in [0.717, 1.165) is 33.9 Å². The maximum absolute atomic E-state index is 12.2. The van der Waals surface area contributed by atoms with Crippen LogP contribution in [0, 0.1) is 0 Å². The number of amides is 1. The minimum absolute atomic E-state index is 0.0301. The number of carbonyl (C=O) groups is 1. The standard InChI is InChI=1S/C16H19BrN4OS/c17-13-3-1-12(2-4-13)10-21-15(5-6-19-21)20-16(22)9-14-11-23-8-7-18-14/h1-6,14,18H,7-11H2,(H,20,22). The fourth-order valence-electron chi connectivity index (χ4n) is 2.50. The molecular formula is C16H19BrN4OS. The van der Waals surface area contributed by atoms with E-state index in [9.17, 15) is 4.79 Å². The average molecular weight is 395 g/mol. The van der Waals surface area contributed by atoms with Crippen molar-refractivity contribution in [3.63, 3.8) is 0 Å². The van der Waals surface area contributed by atoms with Crippen molar-refractivity contribution in [2.75, 3.05) is 23.4 Å². The van der Waals surface area contributed by atoms with Gasteiger partial charge in [0.15, 0.2) is 0 Å². The Balaban J connectivity index is 1.59. The molecule has 1 amide bonds. The predicted octanol–water partition coefficient (Wildman–Crippen LogP) is 2.73. The summed E-state index contributed by atoms with van der Waals surface area (Å²) < 4.78 is 2.86. The summed E-state index contributed by atoms with van der Waals surface area (Å²) in [6.07, 6.45) is 2.21. The van der Waals surface area contributed by atoms with Crippen LogP contribution in [0.5, 0.6) is 0 Å². The smallest absolute Gasteiger partial charge is 0.227 e. The van der Waals surface area contributed by atoms with Crippen molar-refractivity contribution < 1.29 is 4.79 Å². The van der Waals surface area contributed by atoms with Gasteiger partial charge in [0.25, 0.3) is 0 Å². The second kappa shape index (κ2) is 7.99. The summed E-state index contributed by atoms with van der Waals surface area (Å²) in [7, 11) is 0. The van der Waals surface area contributed by atoms with Gasteiger partial charge in [-0.05, 0) is 17.7 Å². The van der Waals surface area contributed by atoms with E-state index >= 15 is 0 Å². The lowest BCUT2D eigenvalue weighted by atomic mass is 10.2. The molecule has 0 spiro atoms. The van der Waals surface area contributed by atoms with E-state index in [-0.39, 0.29) is 11.9 Å². The van der Waals surface area contributed by atoms with E-state index in [0.29, 0.717) is 13.0 Å². The van der Waals surface area contributed by atoms with Crippen LogP contribution in [-0.4, -0.2) is 39.8 Å². The van der Waals surface area contributed by atoms with E-state index in [4.69, 9.17) is 0 Å². The first-order valence-corrected chi connectivity index (χ1v) is 9.53. The van der Waals surface area contributed by atoms with Crippen LogP contribution in [0.15, 0.2) is 41.0 Å². The molecule has 1 aliphatic heterocycles. The molecule has 2 heterocycles. The number of anilines is 1. The van der Waals surface area contributed by atoms with E-state index in [1.54, 1.807) is 6.20 Å². The second-order valence-electron chi connectivity index (χ2n) is 5.48. The Kier molecular flexibility index (Phi) is 5.75. The molecule has 1 unspecified atom stereocenters. The third-order valence-corrected chi connectivity index (χ3v) is 5.32. The second-order valence-corrected chi connectivity index (χ2v) is 7.54. The van der Waals surface area contributed by atoms with Crippen LogP contribution in [0.4, 0.5) is 5.82 Å². The van der Waals surface area contributed by atoms with Gasteiger partial charge in [0, 0.05) is 41.1 Å². The molecule has 1 aromatic heterocycles. The van der Waals surface area contributed by atoms with Crippen molar-refractivity contribution in [1.29, 1.82) is 0 Å². The first kappa shape index (κ1) is 16.5. The number of hydrogen-bond donors (Lipinski definition) is 2. The monoisotopic (exact) mass is 394 g/mol. The molecule has 122 valence electrons. The zero-order chi connectivity index (χ0) is 16.1. The number of rotatable bonds is 5. The predicted molar refractivity (Wildman–Crippen MR) is 97.8 cm³/mol. The van der Waals surface area contributed by atoms with E-state index in [2.05, 4.69) is 31.7 Å². The summed E-state index contributed by atoms with van der Waals surface area (Å²) >= 11 is 5.33. The Hall–Kier alpha value is -1.31. The molecular weight excluding hydrogens is 376 g/mol. The molecule has 1 saturated heterocycles. The largest absolute Gasteiger partial charge is 0.312 e. The highest BCUT2D eigenvalue weighted by molar-refractivity contribution is 9.10. The molecule has 0 radical (unpaired) electrons. The SMILES string of the molecule is O=C(CC1CSCCN1)Nc1ccnn1Cc1ccc(Br)cc1. The number of halogens is 1. The molecule has 0 saturated carbocycles. The van der Waals surface area contributed by atoms with Crippen molar-refractivity contribution in [1.82, 2.24) is 15.1 Å². The number of hydrogen-bond acceptors (Lipinski definition) is 4. The summed E-state index contributed by atoms with van der Waals surface area (Å²) in [4.78, 5) is 12.2. The highest BCUT2D eigenvalue weighted by Gasteiger charge is 2.17. The van der Waals surface area contributed by atoms with Gasteiger partial charge in [0.1, 0.15) is 5.82 Å². The first-order chi connectivity index (χ1) is 11.2. The number of benzene rings is 1. The topological polar surface area (TPSA) is 59.0 Å². The molecule has 2 N–H and O–H groups in total. The first-order valence-electron chi connectivity index (χ1n) is 7.58. The van der Waals surface area contributed by atoms with Gasteiger partial charge < -0.3 is 10.6 Å². The van der Waals surface area contributed by atoms with Crippen LogP contribution in [0.2, 0.25) is 0 Å². The molecule has 2 aromatic rings. The average Bonchev–Trinajstić information content (AvgIpc) is 2.97. The van der Waals surface area contributed by atoms with E-state index in [1.807, 2.05) is 46.8 Å². The molecule has 1 aliphatic rings. The Morgan fingerprint density at radius 1 is 1.39 bits per heavy atom. The number of carbonyl (C=O) groups excluding carboxylic acids is 1. The Bertz CT molecular complexity index is 652. The summed E-state index contributed by atoms with van der Waals surface area (Å²) in [5.41, 5.74) is 1.14. The van der Waals surface area contributed by atoms with Crippen LogP contribution >= 0.6 is 27.7 Å². The molecule has 5 nitrogen and oxygen atoms in total. The fraction of sp³-hybridized carbons (Fsp3) is 0.375. The Labute approximate surface area is 148 Å². The summed E-state index contributed by atoms with van der Waals surface area (Å²) in [6.45, 7) is 1.61. The van der Waals surface area contributed by atoms with Gasteiger partial charge in [-0.2, -0.15) is 16.9 Å². The molecule has 1 aromatic carbocycles. The highest BCUT2D eigenvalue weighted by Crippen LogP contribution is 2.15. The quantitative estimate of drug-likeness (QED) is 0.818. The lowest BCUT2D eigenvalue weighted by molar-refractivity contribution is -0.116. The minimum Gasteiger partial charge on any atom is -0.312 e. The van der Waals surface area contributed by atoms with Crippen molar-refractivity contribution in [3.05, 3.63) is 46.6 Å². The van der Waals surface area contributed by atoms with Crippen LogP contribution in [0.25, 0.3) is 0 Å². The summed E-state index contributed by atoms with van der Waals surface area (Å²) in [5.74, 6) is 2.88. The number of thioether (sulfide) groups is 1. The van der Waals surface area contributed by atoms with Crippen molar-refractivity contribution in [2.45, 2.75) is 19.0 Å². The molecule has 3 rings (SSSR count). The number of aromatic nitrogens is 2. The van der Waals surface area contributed by atoms with Crippen LogP contribution in [-0.2, 0) is 11.3 Å². The zero-order valence-corrected chi connectivity index (χ0v) is 15.1. The van der Waals surface area contributed by atoms with Gasteiger partial charge in [-0.1, -0.05) is 28.1 Å². The summed E-state index contributed by atoms with van der Waals surface area (Å²) in [6, 6.07) is 10.2. The van der Waals surface area contributed by atoms with Crippen molar-refractivity contribution in [3.8, 4) is 0 Å². The normalized spacial score (nSPS) is 17.9. The Morgan fingerprint density at radius 2 is 2.22 bits per heavy atom. The Morgan fingerprint density at radius 3 is 2.96 bits per heavy atom. The van der Waals surface area contributed by atoms with Gasteiger partial charge in [0.2, 0.25) is 5.91 Å². The molecule has 1 fully saturated rings. The van der Waals surface area contributed by atoms with Gasteiger partial charge >= 0.3 is 0 Å². The van der Waals surface area contributed by atoms with Gasteiger partial charge in [-0.15, -0.1) is 0 Å². The number of nitrogens with one attached hydrogen (secondary N) is 2. The minimum atomic E-state index is 0.0301. The van der Waals surface area contributed by atoms with Crippen LogP contribution in [0.3, 0.4) is 0 Å². The maximum atomic E-state index is 12.2. The van der Waals surface area contributed by atoms with Crippen molar-refractivity contribution in [2.24, 2.45) is 0 Å². The molecule has 23 heavy (non-hydrogen) atoms. The zero-order valence-electron chi connectivity index (χ0n) is 12.7. The van der Waals surface area contributed by atoms with Gasteiger partial charge in [-0.3, -0.25) is 4.79 Å². The van der Waals surface area contributed by atoms with E-state index in [1.165, 1.54) is 0 Å². The van der Waals surface area contributed by atoms with Crippen LogP contribution < -0.4 is 10.6 Å². The van der Waals surface area contributed by atoms with Gasteiger partial charge in [0.05, 0.1) is 12.7 Å². The highest BCUT2D eigenvalue weighted by atomic mass is 79.9. The van der Waals surface area contributed by atoms with Gasteiger partial charge in [-0.25, -0.2) is 4.68 Å². The van der Waals surface area contributed by atoms with E-state index < -0.39 is 0 Å². The molecule has 7 heteroatoms. The summed E-state index contributed by atoms with van der Waals surface area (Å²) in [5, 5.41) is 10.7. The van der Waals surface area contributed by atoms with Crippen LogP contribution in [0.1, 0.15) is 12.0 Å². The third-order valence-electron chi connectivity index (χ3n) is 3.66. The fourth-order valence-corrected chi connectivity index (χ4v) is 3.71. The lowest BCUT2D eigenvalue weighted by Gasteiger charge is -2.22. The molecule has 0 bridgehead atoms. The molecule has 1 atom stereocenters. The number of nitrogens with zero attached hydrogens (tertiary/aromatic N) is 2. The molecule has 0 aliphatic carbocycles. The lowest BCUT2D eigenvalue weighted by Crippen LogP contribution is -2.40. The third kappa shape index (κ3) is 4.83. The maximum Gasteiger partial charge on any atom is 0.227 e.